The smallest absolute Gasteiger partial charge is 0.123 e. The van der Waals surface area contributed by atoms with Gasteiger partial charge in [-0.2, -0.15) is 0 Å². The van der Waals surface area contributed by atoms with E-state index in [-0.39, 0.29) is 6.10 Å². The Hall–Kier alpha value is -1.33. The van der Waals surface area contributed by atoms with Gasteiger partial charge in [0.2, 0.25) is 0 Å². The van der Waals surface area contributed by atoms with Gasteiger partial charge >= 0.3 is 0 Å². The molecule has 0 saturated carbocycles. The number of ether oxygens (including phenoxy) is 1. The van der Waals surface area contributed by atoms with Gasteiger partial charge in [0, 0.05) is 22.4 Å². The summed E-state index contributed by atoms with van der Waals surface area (Å²) in [6, 6.07) is 6.36. The van der Waals surface area contributed by atoms with Crippen LogP contribution >= 0.6 is 15.9 Å². The van der Waals surface area contributed by atoms with Gasteiger partial charge in [-0.1, -0.05) is 0 Å². The molecule has 2 nitrogen and oxygen atoms in total. The van der Waals surface area contributed by atoms with E-state index in [1.165, 1.54) is 0 Å². The Morgan fingerprint density at radius 1 is 1.11 bits per heavy atom. The lowest BCUT2D eigenvalue weighted by atomic mass is 10.2. The van der Waals surface area contributed by atoms with Crippen LogP contribution in [0.1, 0.15) is 18.6 Å². The Balaban J connectivity index is 0.000000148. The molecule has 1 aromatic heterocycles. The lowest BCUT2D eigenvalue weighted by Crippen LogP contribution is -1.84. The van der Waals surface area contributed by atoms with E-state index in [2.05, 4.69) is 27.8 Å². The number of hydrogen-bond acceptors (Lipinski definition) is 2. The first-order chi connectivity index (χ1) is 9.06. The summed E-state index contributed by atoms with van der Waals surface area (Å²) < 4.78 is 30.1. The summed E-state index contributed by atoms with van der Waals surface area (Å²) in [6.45, 7) is 2.06. The number of nitrogens with zero attached hydrogens (tertiary/aromatic N) is 1. The summed E-state index contributed by atoms with van der Waals surface area (Å²) in [5.41, 5.74) is 1.16. The van der Waals surface area contributed by atoms with Crippen molar-refractivity contribution in [3.05, 3.63) is 64.4 Å². The molecule has 0 radical (unpaired) electrons. The molecule has 1 aliphatic rings. The largest absolute Gasteiger partial charge is 0.365 e. The summed E-state index contributed by atoms with van der Waals surface area (Å²) in [5.74, 6) is -0.821. The monoisotopic (exact) mass is 327 g/mol. The first kappa shape index (κ1) is 14.1. The molecule has 5 heteroatoms. The molecule has 0 N–H and O–H groups in total. The molecule has 0 spiro atoms. The van der Waals surface area contributed by atoms with Crippen molar-refractivity contribution in [3.63, 3.8) is 0 Å². The second kappa shape index (κ2) is 6.21. The predicted octanol–water partition coefficient (Wildman–Crippen LogP) is 4.27. The van der Waals surface area contributed by atoms with E-state index in [4.69, 9.17) is 4.74 Å². The normalized spacial score (nSPS) is 20.4. The number of aromatic nitrogens is 1. The number of epoxide rings is 1. The number of halogens is 3. The topological polar surface area (TPSA) is 25.4 Å². The summed E-state index contributed by atoms with van der Waals surface area (Å²) in [6.07, 6.45) is 4.27. The fraction of sp³-hybridized carbons (Fsp3) is 0.214. The van der Waals surface area contributed by atoms with Crippen molar-refractivity contribution < 1.29 is 13.5 Å². The number of hydrogen-bond donors (Lipinski definition) is 0. The van der Waals surface area contributed by atoms with Crippen LogP contribution in [0.5, 0.6) is 0 Å². The molecule has 0 aliphatic carbocycles. The second-order valence-electron chi connectivity index (χ2n) is 4.13. The SMILES string of the molecule is CC1OC1c1cncc(Br)c1.Fc1ccc(F)cc1. The molecule has 0 amide bonds. The van der Waals surface area contributed by atoms with Crippen LogP contribution in [0.15, 0.2) is 47.2 Å². The maximum Gasteiger partial charge on any atom is 0.123 e. The van der Waals surface area contributed by atoms with E-state index in [1.54, 1.807) is 6.20 Å². The Morgan fingerprint density at radius 3 is 2.05 bits per heavy atom. The first-order valence-corrected chi connectivity index (χ1v) is 6.52. The molecule has 2 unspecified atom stereocenters. The van der Waals surface area contributed by atoms with Crippen LogP contribution in [0, 0.1) is 11.6 Å². The van der Waals surface area contributed by atoms with E-state index in [0.29, 0.717) is 6.10 Å². The molecule has 2 aromatic rings. The van der Waals surface area contributed by atoms with Crippen LogP contribution in [0.25, 0.3) is 0 Å². The van der Waals surface area contributed by atoms with Crippen molar-refractivity contribution >= 4 is 15.9 Å². The van der Waals surface area contributed by atoms with Gasteiger partial charge in [0.05, 0.1) is 6.10 Å². The van der Waals surface area contributed by atoms with Gasteiger partial charge in [0.15, 0.2) is 0 Å². The highest BCUT2D eigenvalue weighted by atomic mass is 79.9. The van der Waals surface area contributed by atoms with Crippen LogP contribution in [0.4, 0.5) is 8.78 Å². The third kappa shape index (κ3) is 4.36. The van der Waals surface area contributed by atoms with E-state index in [1.807, 2.05) is 12.3 Å². The number of rotatable bonds is 1. The standard InChI is InChI=1S/C8H8BrNO.C6H4F2/c1-5-8(11-5)6-2-7(9)4-10-3-6;7-5-1-2-6(8)4-3-5/h2-5,8H,1H3;1-4H. The second-order valence-corrected chi connectivity index (χ2v) is 5.05. The van der Waals surface area contributed by atoms with Crippen LogP contribution < -0.4 is 0 Å². The Kier molecular flexibility index (Phi) is 4.61. The highest BCUT2D eigenvalue weighted by Gasteiger charge is 2.35. The predicted molar refractivity (Wildman–Crippen MR) is 71.6 cm³/mol. The van der Waals surface area contributed by atoms with Crippen molar-refractivity contribution in [3.8, 4) is 0 Å². The maximum absolute atomic E-state index is 11.9. The zero-order valence-corrected chi connectivity index (χ0v) is 11.8. The third-order valence-corrected chi connectivity index (χ3v) is 3.00. The molecule has 2 atom stereocenters. The van der Waals surface area contributed by atoms with Gasteiger partial charge < -0.3 is 4.74 Å². The summed E-state index contributed by atoms with van der Waals surface area (Å²) in [4.78, 5) is 4.05. The molecule has 1 saturated heterocycles. The fourth-order valence-corrected chi connectivity index (χ4v) is 1.93. The van der Waals surface area contributed by atoms with Crippen LogP contribution in [0.2, 0.25) is 0 Å². The molecule has 1 aliphatic heterocycles. The van der Waals surface area contributed by atoms with E-state index < -0.39 is 11.6 Å². The van der Waals surface area contributed by atoms with Gasteiger partial charge in [0.25, 0.3) is 0 Å². The summed E-state index contributed by atoms with van der Waals surface area (Å²) in [5, 5.41) is 0. The third-order valence-electron chi connectivity index (χ3n) is 2.57. The van der Waals surface area contributed by atoms with Crippen molar-refractivity contribution in [2.75, 3.05) is 0 Å². The Labute approximate surface area is 118 Å². The Morgan fingerprint density at radius 2 is 1.63 bits per heavy atom. The quantitative estimate of drug-likeness (QED) is 0.731. The van der Waals surface area contributed by atoms with Crippen molar-refractivity contribution in [2.24, 2.45) is 0 Å². The van der Waals surface area contributed by atoms with Crippen LogP contribution in [-0.4, -0.2) is 11.1 Å². The van der Waals surface area contributed by atoms with Crippen LogP contribution in [0.3, 0.4) is 0 Å². The molecule has 3 rings (SSSR count). The minimum absolute atomic E-state index is 0.278. The van der Waals surface area contributed by atoms with Gasteiger partial charge in [-0.3, -0.25) is 4.98 Å². The molecule has 1 fully saturated rings. The Bertz CT molecular complexity index is 526. The van der Waals surface area contributed by atoms with Gasteiger partial charge in [-0.25, -0.2) is 8.78 Å². The molecule has 19 heavy (non-hydrogen) atoms. The zero-order chi connectivity index (χ0) is 13.8. The summed E-state index contributed by atoms with van der Waals surface area (Å²) >= 11 is 3.36. The number of pyridine rings is 1. The van der Waals surface area contributed by atoms with Gasteiger partial charge in [-0.15, -0.1) is 0 Å². The summed E-state index contributed by atoms with van der Waals surface area (Å²) in [7, 11) is 0. The minimum atomic E-state index is -0.411. The lowest BCUT2D eigenvalue weighted by molar-refractivity contribution is 0.383. The molecule has 2 heterocycles. The fourth-order valence-electron chi connectivity index (χ4n) is 1.55. The maximum atomic E-state index is 11.9. The minimum Gasteiger partial charge on any atom is -0.365 e. The van der Waals surface area contributed by atoms with Gasteiger partial charge in [-0.05, 0) is 53.2 Å². The lowest BCUT2D eigenvalue weighted by Gasteiger charge is -1.94. The molecular weight excluding hydrogens is 316 g/mol. The van der Waals surface area contributed by atoms with Crippen molar-refractivity contribution in [1.29, 1.82) is 0 Å². The highest BCUT2D eigenvalue weighted by Crippen LogP contribution is 2.38. The zero-order valence-electron chi connectivity index (χ0n) is 10.2. The van der Waals surface area contributed by atoms with Crippen molar-refractivity contribution in [1.82, 2.24) is 4.98 Å². The molecule has 100 valence electrons. The molecule has 1 aromatic carbocycles. The first-order valence-electron chi connectivity index (χ1n) is 5.73. The molecule has 0 bridgehead atoms. The van der Waals surface area contributed by atoms with E-state index in [0.717, 1.165) is 34.3 Å². The van der Waals surface area contributed by atoms with Crippen molar-refractivity contribution in [2.45, 2.75) is 19.1 Å². The number of benzene rings is 1. The molecular formula is C14H12BrF2NO. The van der Waals surface area contributed by atoms with Crippen LogP contribution in [-0.2, 0) is 4.74 Å². The van der Waals surface area contributed by atoms with Gasteiger partial charge in [0.1, 0.15) is 17.7 Å². The average molecular weight is 328 g/mol. The highest BCUT2D eigenvalue weighted by molar-refractivity contribution is 9.10. The average Bonchev–Trinajstić information content (AvgIpc) is 3.11. The van der Waals surface area contributed by atoms with E-state index in [9.17, 15) is 8.78 Å². The van der Waals surface area contributed by atoms with E-state index >= 15 is 0 Å².